The number of carbonyl (C=O) groups is 3. The first-order valence-corrected chi connectivity index (χ1v) is 10.4. The molecule has 1 amide bonds. The summed E-state index contributed by atoms with van der Waals surface area (Å²) in [4.78, 5) is 37.6. The summed E-state index contributed by atoms with van der Waals surface area (Å²) in [7, 11) is 1.80. The van der Waals surface area contributed by atoms with Crippen LogP contribution in [-0.4, -0.2) is 81.2 Å². The van der Waals surface area contributed by atoms with Gasteiger partial charge in [-0.05, 0) is 47.1 Å². The van der Waals surface area contributed by atoms with E-state index in [4.69, 9.17) is 9.90 Å². The van der Waals surface area contributed by atoms with Crippen LogP contribution in [0.5, 0.6) is 0 Å². The maximum Gasteiger partial charge on any atom is 0.490 e. The molecule has 0 radical (unpaired) electrons. The van der Waals surface area contributed by atoms with Crippen molar-refractivity contribution in [3.8, 4) is 0 Å². The highest BCUT2D eigenvalue weighted by molar-refractivity contribution is 9.10. The number of aryl methyl sites for hydroxylation is 1. The number of benzene rings is 1. The van der Waals surface area contributed by atoms with Crippen molar-refractivity contribution >= 4 is 33.6 Å². The molecule has 1 N–H and O–H groups in total. The van der Waals surface area contributed by atoms with Gasteiger partial charge in [0.05, 0.1) is 16.7 Å². The third-order valence-corrected chi connectivity index (χ3v) is 5.85. The van der Waals surface area contributed by atoms with E-state index in [9.17, 15) is 27.2 Å². The molecule has 2 heterocycles. The normalized spacial score (nSPS) is 14.5. The molecule has 1 aliphatic rings. The zero-order chi connectivity index (χ0) is 24.9. The lowest BCUT2D eigenvalue weighted by Gasteiger charge is -2.34. The Morgan fingerprint density at radius 1 is 1.09 bits per heavy atom. The summed E-state index contributed by atoms with van der Waals surface area (Å²) in [6.45, 7) is 4.46. The highest BCUT2D eigenvalue weighted by Gasteiger charge is 2.38. The Morgan fingerprint density at radius 2 is 1.61 bits per heavy atom. The van der Waals surface area contributed by atoms with E-state index in [0.717, 1.165) is 10.2 Å². The first-order valence-electron chi connectivity index (χ1n) is 9.60. The first-order chi connectivity index (χ1) is 15.3. The number of hydrogen-bond acceptors (Lipinski definition) is 5. The summed E-state index contributed by atoms with van der Waals surface area (Å²) in [5.41, 5.74) is 1.82. The van der Waals surface area contributed by atoms with Gasteiger partial charge in [0.25, 0.3) is 5.91 Å². The van der Waals surface area contributed by atoms with Crippen molar-refractivity contribution in [1.82, 2.24) is 19.6 Å². The van der Waals surface area contributed by atoms with E-state index < -0.39 is 12.1 Å². The van der Waals surface area contributed by atoms with Crippen molar-refractivity contribution in [2.24, 2.45) is 7.05 Å². The van der Waals surface area contributed by atoms with Gasteiger partial charge in [0.15, 0.2) is 11.5 Å². The molecule has 0 spiro atoms. The molecule has 13 heteroatoms. The van der Waals surface area contributed by atoms with Gasteiger partial charge in [-0.25, -0.2) is 9.18 Å². The number of carboxylic acid groups (broad SMARTS) is 1. The summed E-state index contributed by atoms with van der Waals surface area (Å²) < 4.78 is 47.1. The number of amides is 1. The highest BCUT2D eigenvalue weighted by atomic mass is 79.9. The van der Waals surface area contributed by atoms with Crippen LogP contribution in [0.15, 0.2) is 28.7 Å². The Labute approximate surface area is 194 Å². The number of aliphatic carboxylic acids is 1. The predicted molar refractivity (Wildman–Crippen MR) is 112 cm³/mol. The van der Waals surface area contributed by atoms with E-state index in [-0.39, 0.29) is 24.1 Å². The maximum atomic E-state index is 13.0. The summed E-state index contributed by atoms with van der Waals surface area (Å²) in [6.07, 6.45) is -5.08. The van der Waals surface area contributed by atoms with Gasteiger partial charge in [0.2, 0.25) is 0 Å². The van der Waals surface area contributed by atoms with Crippen molar-refractivity contribution in [3.05, 3.63) is 51.5 Å². The number of alkyl halides is 3. The lowest BCUT2D eigenvalue weighted by molar-refractivity contribution is -0.192. The summed E-state index contributed by atoms with van der Waals surface area (Å²) in [5.74, 6) is -3.27. The molecule has 8 nitrogen and oxygen atoms in total. The van der Waals surface area contributed by atoms with E-state index in [0.29, 0.717) is 37.4 Å². The number of hydrogen-bond donors (Lipinski definition) is 1. The minimum absolute atomic E-state index is 0.0483. The van der Waals surface area contributed by atoms with E-state index in [2.05, 4.69) is 21.0 Å². The molecular formula is C20H21BrF4N4O4. The van der Waals surface area contributed by atoms with Crippen LogP contribution in [0.3, 0.4) is 0 Å². The van der Waals surface area contributed by atoms with E-state index >= 15 is 0 Å². The molecular weight excluding hydrogens is 516 g/mol. The fourth-order valence-corrected chi connectivity index (χ4v) is 3.41. The first kappa shape index (κ1) is 26.5. The van der Waals surface area contributed by atoms with Crippen molar-refractivity contribution < 1.29 is 37.1 Å². The van der Waals surface area contributed by atoms with Gasteiger partial charge in [0.1, 0.15) is 5.82 Å². The van der Waals surface area contributed by atoms with Crippen LogP contribution in [-0.2, 0) is 11.8 Å². The lowest BCUT2D eigenvalue weighted by Crippen LogP contribution is -2.50. The van der Waals surface area contributed by atoms with Gasteiger partial charge < -0.3 is 10.0 Å². The molecule has 1 aromatic heterocycles. The Morgan fingerprint density at radius 3 is 2.03 bits per heavy atom. The van der Waals surface area contributed by atoms with Crippen LogP contribution in [0.1, 0.15) is 26.5 Å². The summed E-state index contributed by atoms with van der Waals surface area (Å²) >= 11 is 3.43. The number of ketones is 1. The molecule has 1 aliphatic heterocycles. The molecule has 0 bridgehead atoms. The molecule has 0 atom stereocenters. The average molecular weight is 537 g/mol. The number of carbonyl (C=O) groups excluding carboxylic acids is 2. The third-order valence-electron chi connectivity index (χ3n) is 4.90. The second kappa shape index (κ2) is 10.9. The zero-order valence-corrected chi connectivity index (χ0v) is 19.3. The van der Waals surface area contributed by atoms with E-state index in [1.807, 2.05) is 11.8 Å². The minimum Gasteiger partial charge on any atom is -0.475 e. The second-order valence-electron chi connectivity index (χ2n) is 7.17. The topological polar surface area (TPSA) is 95.7 Å². The highest BCUT2D eigenvalue weighted by Crippen LogP contribution is 2.22. The van der Waals surface area contributed by atoms with Crippen LogP contribution in [0, 0.1) is 12.7 Å². The van der Waals surface area contributed by atoms with Gasteiger partial charge in [0, 0.05) is 38.8 Å². The van der Waals surface area contributed by atoms with Crippen molar-refractivity contribution in [2.75, 3.05) is 32.7 Å². The Hall–Kier alpha value is -2.80. The van der Waals surface area contributed by atoms with Gasteiger partial charge >= 0.3 is 12.1 Å². The van der Waals surface area contributed by atoms with E-state index in [1.54, 1.807) is 16.6 Å². The largest absolute Gasteiger partial charge is 0.490 e. The van der Waals surface area contributed by atoms with Gasteiger partial charge in [-0.15, -0.1) is 0 Å². The standard InChI is InChI=1S/C18H20BrFN4O2.C2HF3O2/c1-12-16(19)17(21-22(12)2)18(26)24-9-7-23(8-10-24)11-15(25)13-3-5-14(20)6-4-13;3-2(4,5)1(6)7/h3-6H,7-11H2,1-2H3;(H,6,7). The van der Waals surface area contributed by atoms with E-state index in [1.165, 1.54) is 24.3 Å². The molecule has 2 aromatic rings. The van der Waals surface area contributed by atoms with Gasteiger partial charge in [-0.3, -0.25) is 19.2 Å². The zero-order valence-electron chi connectivity index (χ0n) is 17.7. The fourth-order valence-electron chi connectivity index (χ4n) is 2.91. The third kappa shape index (κ3) is 7.09. The Balaban J connectivity index is 0.000000479. The maximum absolute atomic E-state index is 13.0. The molecule has 180 valence electrons. The summed E-state index contributed by atoms with van der Waals surface area (Å²) in [5, 5.41) is 11.4. The SMILES string of the molecule is Cc1c(Br)c(C(=O)N2CCN(CC(=O)c3ccc(F)cc3)CC2)nn1C.O=C(O)C(F)(F)F. The fraction of sp³-hybridized carbons (Fsp3) is 0.400. The van der Waals surface area contributed by atoms with Crippen molar-refractivity contribution in [2.45, 2.75) is 13.1 Å². The molecule has 0 unspecified atom stereocenters. The number of piperazine rings is 1. The molecule has 1 saturated heterocycles. The molecule has 3 rings (SSSR count). The average Bonchev–Trinajstić information content (AvgIpc) is 3.01. The van der Waals surface area contributed by atoms with Crippen LogP contribution in [0.4, 0.5) is 17.6 Å². The number of carboxylic acids is 1. The van der Waals surface area contributed by atoms with Crippen molar-refractivity contribution in [1.29, 1.82) is 0 Å². The van der Waals surface area contributed by atoms with Gasteiger partial charge in [-0.2, -0.15) is 18.3 Å². The minimum atomic E-state index is -5.08. The number of aromatic nitrogens is 2. The van der Waals surface area contributed by atoms with Crippen molar-refractivity contribution in [3.63, 3.8) is 0 Å². The van der Waals surface area contributed by atoms with Crippen LogP contribution in [0.2, 0.25) is 0 Å². The molecule has 1 fully saturated rings. The second-order valence-corrected chi connectivity index (χ2v) is 7.97. The van der Waals surface area contributed by atoms with Crippen LogP contribution >= 0.6 is 15.9 Å². The smallest absolute Gasteiger partial charge is 0.475 e. The Kier molecular flexibility index (Phi) is 8.72. The molecule has 1 aromatic carbocycles. The summed E-state index contributed by atoms with van der Waals surface area (Å²) in [6, 6.07) is 5.57. The Bertz CT molecular complexity index is 1020. The lowest BCUT2D eigenvalue weighted by atomic mass is 10.1. The number of rotatable bonds is 4. The predicted octanol–water partition coefficient (Wildman–Crippen LogP) is 2.90. The van der Waals surface area contributed by atoms with Crippen LogP contribution in [0.25, 0.3) is 0 Å². The monoisotopic (exact) mass is 536 g/mol. The quantitative estimate of drug-likeness (QED) is 0.476. The van der Waals surface area contributed by atoms with Gasteiger partial charge in [-0.1, -0.05) is 0 Å². The number of Topliss-reactive ketones (excluding diaryl/α,β-unsaturated/α-hetero) is 1. The van der Waals surface area contributed by atoms with Crippen LogP contribution < -0.4 is 0 Å². The molecule has 0 aliphatic carbocycles. The number of halogens is 5. The molecule has 33 heavy (non-hydrogen) atoms. The number of nitrogens with zero attached hydrogens (tertiary/aromatic N) is 4. The molecule has 0 saturated carbocycles.